The molecule has 1 rings (SSSR count). The Morgan fingerprint density at radius 2 is 2.00 bits per heavy atom. The molecule has 2 nitrogen and oxygen atoms in total. The fraction of sp³-hybridized carbons (Fsp3) is 0.0909. The monoisotopic (exact) mass is 174 g/mol. The smallest absolute Gasteiger partial charge is 0.346 e. The van der Waals surface area contributed by atoms with Crippen LogP contribution >= 0.6 is 0 Å². The highest BCUT2D eigenvalue weighted by Crippen LogP contribution is 2.09. The van der Waals surface area contributed by atoms with E-state index in [9.17, 15) is 4.79 Å². The first-order chi connectivity index (χ1) is 6.24. The number of hydrogen-bond acceptors (Lipinski definition) is 2. The van der Waals surface area contributed by atoms with E-state index in [1.54, 1.807) is 31.2 Å². The predicted molar refractivity (Wildman–Crippen MR) is 50.4 cm³/mol. The Labute approximate surface area is 77.2 Å². The number of benzene rings is 1. The Kier molecular flexibility index (Phi) is 3.07. The summed E-state index contributed by atoms with van der Waals surface area (Å²) in [6, 6.07) is 8.89. The van der Waals surface area contributed by atoms with Gasteiger partial charge >= 0.3 is 5.97 Å². The van der Waals surface area contributed by atoms with Crippen molar-refractivity contribution in [3.8, 4) is 5.75 Å². The highest BCUT2D eigenvalue weighted by Gasteiger charge is 2.04. The number of ether oxygens (including phenoxy) is 1. The molecule has 0 spiro atoms. The van der Waals surface area contributed by atoms with Crippen LogP contribution in [0.2, 0.25) is 0 Å². The molecule has 1 aromatic carbocycles. The van der Waals surface area contributed by atoms with Crippen molar-refractivity contribution in [3.63, 3.8) is 0 Å². The van der Waals surface area contributed by atoms with Gasteiger partial charge in [-0.15, -0.1) is 5.73 Å². The van der Waals surface area contributed by atoms with Gasteiger partial charge in [-0.05, 0) is 19.1 Å². The minimum absolute atomic E-state index is 0.379. The van der Waals surface area contributed by atoms with Crippen molar-refractivity contribution in [2.24, 2.45) is 0 Å². The molecule has 0 bridgehead atoms. The van der Waals surface area contributed by atoms with Crippen molar-refractivity contribution in [1.82, 2.24) is 0 Å². The van der Waals surface area contributed by atoms with Crippen molar-refractivity contribution in [2.45, 2.75) is 6.92 Å². The van der Waals surface area contributed by atoms with Gasteiger partial charge in [0.2, 0.25) is 0 Å². The van der Waals surface area contributed by atoms with Crippen LogP contribution in [-0.2, 0) is 4.79 Å². The van der Waals surface area contributed by atoms with Crippen molar-refractivity contribution < 1.29 is 9.53 Å². The third-order valence-corrected chi connectivity index (χ3v) is 1.53. The second-order valence-electron chi connectivity index (χ2n) is 2.50. The largest absolute Gasteiger partial charge is 0.423 e. The molecule has 0 fully saturated rings. The molecule has 0 aliphatic carbocycles. The maximum absolute atomic E-state index is 11.2. The maximum atomic E-state index is 11.2. The first-order valence-corrected chi connectivity index (χ1v) is 3.88. The molecule has 0 saturated heterocycles. The fourth-order valence-electron chi connectivity index (χ4n) is 0.744. The minimum atomic E-state index is -0.416. The van der Waals surface area contributed by atoms with Gasteiger partial charge in [0, 0.05) is 0 Å². The maximum Gasteiger partial charge on any atom is 0.346 e. The third-order valence-electron chi connectivity index (χ3n) is 1.53. The van der Waals surface area contributed by atoms with Gasteiger partial charge in [-0.2, -0.15) is 0 Å². The zero-order chi connectivity index (χ0) is 9.68. The summed E-state index contributed by atoms with van der Waals surface area (Å²) in [6.07, 6.45) is 0. The standard InChI is InChI=1S/C11H10O2/c1-3-9(2)11(12)13-10-7-5-4-6-8-10/h4-8H,1H2,2H3. The Morgan fingerprint density at radius 3 is 2.54 bits per heavy atom. The zero-order valence-electron chi connectivity index (χ0n) is 7.41. The molecular formula is C11H10O2. The van der Waals surface area contributed by atoms with E-state index >= 15 is 0 Å². The molecule has 0 unspecified atom stereocenters. The Bertz CT molecular complexity index is 346. The summed E-state index contributed by atoms with van der Waals surface area (Å²) >= 11 is 0. The molecular weight excluding hydrogens is 164 g/mol. The first kappa shape index (κ1) is 9.30. The molecule has 13 heavy (non-hydrogen) atoms. The van der Waals surface area contributed by atoms with E-state index in [0.29, 0.717) is 11.3 Å². The van der Waals surface area contributed by atoms with E-state index in [2.05, 4.69) is 12.3 Å². The quantitative estimate of drug-likeness (QED) is 0.297. The molecule has 1 aromatic rings. The van der Waals surface area contributed by atoms with Crippen LogP contribution in [0.25, 0.3) is 0 Å². The average Bonchev–Trinajstić information content (AvgIpc) is 2.18. The van der Waals surface area contributed by atoms with Crippen LogP contribution < -0.4 is 4.74 Å². The minimum Gasteiger partial charge on any atom is -0.423 e. The Hall–Kier alpha value is -1.79. The zero-order valence-corrected chi connectivity index (χ0v) is 7.41. The van der Waals surface area contributed by atoms with Crippen molar-refractivity contribution in [1.29, 1.82) is 0 Å². The van der Waals surface area contributed by atoms with Crippen LogP contribution in [0.15, 0.2) is 48.2 Å². The van der Waals surface area contributed by atoms with Crippen molar-refractivity contribution >= 4 is 5.97 Å². The molecule has 0 heterocycles. The van der Waals surface area contributed by atoms with Gasteiger partial charge in [-0.3, -0.25) is 0 Å². The molecule has 0 N–H and O–H groups in total. The highest BCUT2D eigenvalue weighted by atomic mass is 16.5. The van der Waals surface area contributed by atoms with E-state index in [0.717, 1.165) is 0 Å². The van der Waals surface area contributed by atoms with Crippen molar-refractivity contribution in [2.75, 3.05) is 0 Å². The van der Waals surface area contributed by atoms with E-state index in [1.165, 1.54) is 0 Å². The summed E-state index contributed by atoms with van der Waals surface area (Å²) < 4.78 is 4.99. The average molecular weight is 174 g/mol. The van der Waals surface area contributed by atoms with Gasteiger partial charge in [0.15, 0.2) is 0 Å². The Morgan fingerprint density at radius 1 is 1.38 bits per heavy atom. The number of para-hydroxylation sites is 1. The van der Waals surface area contributed by atoms with Gasteiger partial charge in [0.1, 0.15) is 5.75 Å². The molecule has 0 aromatic heterocycles. The first-order valence-electron chi connectivity index (χ1n) is 3.88. The van der Waals surface area contributed by atoms with E-state index in [4.69, 9.17) is 4.74 Å². The number of esters is 1. The summed E-state index contributed by atoms with van der Waals surface area (Å²) in [4.78, 5) is 11.2. The molecule has 0 amide bonds. The lowest BCUT2D eigenvalue weighted by molar-refractivity contribution is -0.130. The number of hydrogen-bond donors (Lipinski definition) is 0. The molecule has 0 radical (unpaired) electrons. The van der Waals surface area contributed by atoms with Gasteiger partial charge in [0.05, 0.1) is 5.57 Å². The number of carbonyl (C=O) groups is 1. The molecule has 0 aliphatic rings. The van der Waals surface area contributed by atoms with Gasteiger partial charge < -0.3 is 4.74 Å². The van der Waals surface area contributed by atoms with Crippen LogP contribution in [0.1, 0.15) is 6.92 Å². The highest BCUT2D eigenvalue weighted by molar-refractivity contribution is 5.89. The van der Waals surface area contributed by atoms with E-state index in [-0.39, 0.29) is 0 Å². The lowest BCUT2D eigenvalue weighted by atomic mass is 10.3. The van der Waals surface area contributed by atoms with Crippen LogP contribution in [0.3, 0.4) is 0 Å². The second-order valence-corrected chi connectivity index (χ2v) is 2.50. The van der Waals surface area contributed by atoms with Gasteiger partial charge in [-0.25, -0.2) is 4.79 Å². The SMILES string of the molecule is C=C=C(C)C(=O)Oc1ccccc1. The van der Waals surface area contributed by atoms with Crippen LogP contribution in [0.4, 0.5) is 0 Å². The van der Waals surface area contributed by atoms with E-state index in [1.807, 2.05) is 6.07 Å². The fourth-order valence-corrected chi connectivity index (χ4v) is 0.744. The summed E-state index contributed by atoms with van der Waals surface area (Å²) in [5.74, 6) is 0.114. The van der Waals surface area contributed by atoms with Crippen LogP contribution in [0, 0.1) is 0 Å². The molecule has 0 atom stereocenters. The second kappa shape index (κ2) is 4.29. The summed E-state index contributed by atoms with van der Waals surface area (Å²) in [6.45, 7) is 4.97. The van der Waals surface area contributed by atoms with Gasteiger partial charge in [0.25, 0.3) is 0 Å². The summed E-state index contributed by atoms with van der Waals surface area (Å²) in [7, 11) is 0. The lowest BCUT2D eigenvalue weighted by Gasteiger charge is -2.01. The third kappa shape index (κ3) is 2.62. The lowest BCUT2D eigenvalue weighted by Crippen LogP contribution is -2.08. The molecule has 2 heteroatoms. The molecule has 0 aliphatic heterocycles. The Balaban J connectivity index is 2.71. The molecule has 66 valence electrons. The van der Waals surface area contributed by atoms with Crippen LogP contribution in [0.5, 0.6) is 5.75 Å². The molecule has 0 saturated carbocycles. The number of carbonyl (C=O) groups excluding carboxylic acids is 1. The van der Waals surface area contributed by atoms with E-state index < -0.39 is 5.97 Å². The number of rotatable bonds is 2. The normalized spacial score (nSPS) is 8.69. The van der Waals surface area contributed by atoms with Crippen LogP contribution in [-0.4, -0.2) is 5.97 Å². The van der Waals surface area contributed by atoms with Crippen molar-refractivity contribution in [3.05, 3.63) is 48.2 Å². The summed E-state index contributed by atoms with van der Waals surface area (Å²) in [5.41, 5.74) is 2.86. The topological polar surface area (TPSA) is 26.3 Å². The van der Waals surface area contributed by atoms with Gasteiger partial charge in [-0.1, -0.05) is 24.8 Å². The predicted octanol–water partition coefficient (Wildman–Crippen LogP) is 2.32. The summed E-state index contributed by atoms with van der Waals surface area (Å²) in [5, 5.41) is 0.